The minimum Gasteiger partial charge on any atom is -0.153 e. The Morgan fingerprint density at radius 3 is 1.85 bits per heavy atom. The molecule has 0 heterocycles. The van der Waals surface area contributed by atoms with Crippen LogP contribution in [0, 0.1) is 6.92 Å². The predicted octanol–water partition coefficient (Wildman–Crippen LogP) is 5.81. The first-order valence-corrected chi connectivity index (χ1v) is 15.1. The molecular weight excluding hydrogens is 407 g/mol. The van der Waals surface area contributed by atoms with Crippen molar-refractivity contribution in [3.8, 4) is 11.1 Å². The summed E-state index contributed by atoms with van der Waals surface area (Å²) in [5.74, 6) is 0. The summed E-state index contributed by atoms with van der Waals surface area (Å²) in [7, 11) is -1.83. The van der Waals surface area contributed by atoms with E-state index in [0.29, 0.717) is 5.54 Å². The van der Waals surface area contributed by atoms with Gasteiger partial charge in [0.05, 0.1) is 0 Å². The molecule has 0 bridgehead atoms. The van der Waals surface area contributed by atoms with Crippen molar-refractivity contribution >= 4 is 24.0 Å². The molecule has 3 aromatic carbocycles. The Bertz CT molecular complexity index is 1230. The summed E-state index contributed by atoms with van der Waals surface area (Å²) in [5.41, 5.74) is 12.6. The second-order valence-corrected chi connectivity index (χ2v) is 16.1. The number of hydrogen-bond acceptors (Lipinski definition) is 0. The maximum absolute atomic E-state index is 2.60. The summed E-state index contributed by atoms with van der Waals surface area (Å²) < 4.78 is 0. The van der Waals surface area contributed by atoms with Crippen LogP contribution in [0.4, 0.5) is 0 Å². The van der Waals surface area contributed by atoms with Crippen molar-refractivity contribution in [1.82, 2.24) is 0 Å². The first-order valence-electron chi connectivity index (χ1n) is 12.0. The zero-order chi connectivity index (χ0) is 23.6. The van der Waals surface area contributed by atoms with Gasteiger partial charge >= 0.3 is 18.9 Å². The summed E-state index contributed by atoms with van der Waals surface area (Å²) in [5, 5.41) is 4.53. The molecule has 0 unspecified atom stereocenters. The van der Waals surface area contributed by atoms with Gasteiger partial charge in [0.1, 0.15) is 0 Å². The molecular formula is C31H39LiSi. The Hall–Kier alpha value is -1.66. The fraction of sp³-hybridized carbons (Fsp3) is 0.387. The standard InChI is InChI=1S/C31H39Si.Li/c1-19-18-25-12-11-13-27(24-14-16-26(17-15-24)31(6,7)8)28(25)29(19)32(9,10)30-22(4)20(2)21(3)23(30)5;/h11-18,30H,1-10H3;/q-1;+1. The monoisotopic (exact) mass is 446 g/mol. The van der Waals surface area contributed by atoms with E-state index >= 15 is 0 Å². The van der Waals surface area contributed by atoms with Crippen molar-refractivity contribution in [3.05, 3.63) is 82.0 Å². The molecule has 0 nitrogen and oxygen atoms in total. The molecule has 4 rings (SSSR count). The van der Waals surface area contributed by atoms with E-state index < -0.39 is 8.07 Å². The van der Waals surface area contributed by atoms with Crippen molar-refractivity contribution < 1.29 is 18.9 Å². The fourth-order valence-electron chi connectivity index (χ4n) is 6.27. The number of benzene rings is 2. The fourth-order valence-corrected chi connectivity index (χ4v) is 11.2. The molecule has 0 aromatic heterocycles. The van der Waals surface area contributed by atoms with E-state index in [9.17, 15) is 0 Å². The molecule has 0 saturated carbocycles. The minimum absolute atomic E-state index is 0. The number of aryl methyl sites for hydroxylation is 1. The van der Waals surface area contributed by atoms with Crippen LogP contribution in [-0.2, 0) is 5.41 Å². The average molecular weight is 447 g/mol. The van der Waals surface area contributed by atoms with Crippen molar-refractivity contribution in [2.24, 2.45) is 0 Å². The summed E-state index contributed by atoms with van der Waals surface area (Å²) in [6.07, 6.45) is 0. The number of allylic oxidation sites excluding steroid dienone is 4. The molecule has 33 heavy (non-hydrogen) atoms. The van der Waals surface area contributed by atoms with Crippen LogP contribution in [0.1, 0.15) is 59.6 Å². The van der Waals surface area contributed by atoms with Crippen LogP contribution < -0.4 is 24.0 Å². The largest absolute Gasteiger partial charge is 1.00 e. The zero-order valence-electron chi connectivity index (χ0n) is 22.7. The molecule has 0 N–H and O–H groups in total. The van der Waals surface area contributed by atoms with E-state index in [0.717, 1.165) is 0 Å². The van der Waals surface area contributed by atoms with Gasteiger partial charge in [-0.15, -0.1) is 34.5 Å². The van der Waals surface area contributed by atoms with Crippen molar-refractivity contribution in [2.45, 2.75) is 79.4 Å². The number of hydrogen-bond donors (Lipinski definition) is 0. The predicted molar refractivity (Wildman–Crippen MR) is 146 cm³/mol. The van der Waals surface area contributed by atoms with Crippen molar-refractivity contribution in [3.63, 3.8) is 0 Å². The maximum atomic E-state index is 2.60. The van der Waals surface area contributed by atoms with Gasteiger partial charge in [0, 0.05) is 8.07 Å². The molecule has 0 atom stereocenters. The summed E-state index contributed by atoms with van der Waals surface area (Å²) in [6.45, 7) is 23.8. The van der Waals surface area contributed by atoms with Crippen LogP contribution in [0.2, 0.25) is 18.6 Å². The topological polar surface area (TPSA) is 0 Å². The Kier molecular flexibility index (Phi) is 6.96. The van der Waals surface area contributed by atoms with Gasteiger partial charge in [0.25, 0.3) is 0 Å². The van der Waals surface area contributed by atoms with E-state index in [1.165, 1.54) is 44.2 Å². The van der Waals surface area contributed by atoms with Crippen LogP contribution in [0.3, 0.4) is 0 Å². The van der Waals surface area contributed by atoms with Gasteiger partial charge < -0.3 is 0 Å². The van der Waals surface area contributed by atoms with Crippen LogP contribution in [0.5, 0.6) is 0 Å². The van der Waals surface area contributed by atoms with Gasteiger partial charge in [-0.3, -0.25) is 0 Å². The zero-order valence-corrected chi connectivity index (χ0v) is 23.7. The third kappa shape index (κ3) is 4.18. The van der Waals surface area contributed by atoms with Gasteiger partial charge in [0.2, 0.25) is 0 Å². The Morgan fingerprint density at radius 1 is 0.788 bits per heavy atom. The molecule has 168 valence electrons. The minimum atomic E-state index is -1.83. The molecule has 0 spiro atoms. The molecule has 0 amide bonds. The van der Waals surface area contributed by atoms with Crippen molar-refractivity contribution in [2.75, 3.05) is 0 Å². The number of rotatable bonds is 3. The van der Waals surface area contributed by atoms with E-state index in [1.807, 2.05) is 0 Å². The second kappa shape index (κ2) is 8.85. The maximum Gasteiger partial charge on any atom is 1.00 e. The molecule has 0 aliphatic heterocycles. The van der Waals surface area contributed by atoms with Gasteiger partial charge in [-0.05, 0) is 60.9 Å². The van der Waals surface area contributed by atoms with Gasteiger partial charge in [-0.1, -0.05) is 87.8 Å². The number of fused-ring (bicyclic) bond motifs is 1. The van der Waals surface area contributed by atoms with Gasteiger partial charge in [0.15, 0.2) is 0 Å². The molecule has 1 aliphatic rings. The van der Waals surface area contributed by atoms with Crippen LogP contribution in [0.25, 0.3) is 21.9 Å². The Balaban J connectivity index is 0.00000306. The molecule has 3 aromatic rings. The third-order valence-corrected chi connectivity index (χ3v) is 12.4. The Morgan fingerprint density at radius 2 is 1.33 bits per heavy atom. The smallest absolute Gasteiger partial charge is 0.153 e. The van der Waals surface area contributed by atoms with E-state index in [4.69, 9.17) is 0 Å². The summed E-state index contributed by atoms with van der Waals surface area (Å²) in [4.78, 5) is 0. The van der Waals surface area contributed by atoms with E-state index in [2.05, 4.69) is 117 Å². The third-order valence-electron chi connectivity index (χ3n) is 8.15. The van der Waals surface area contributed by atoms with Gasteiger partial charge in [-0.2, -0.15) is 5.19 Å². The average Bonchev–Trinajstić information content (AvgIpc) is 3.16. The first-order chi connectivity index (χ1) is 14.9. The summed E-state index contributed by atoms with van der Waals surface area (Å²) >= 11 is 0. The van der Waals surface area contributed by atoms with Gasteiger partial charge in [-0.25, -0.2) is 0 Å². The van der Waals surface area contributed by atoms with E-state index in [1.54, 1.807) is 16.3 Å². The van der Waals surface area contributed by atoms with Crippen LogP contribution in [-0.4, -0.2) is 8.07 Å². The van der Waals surface area contributed by atoms with Crippen molar-refractivity contribution in [1.29, 1.82) is 0 Å². The summed E-state index contributed by atoms with van der Waals surface area (Å²) in [6, 6.07) is 18.6. The molecule has 1 aliphatic carbocycles. The van der Waals surface area contributed by atoms with E-state index in [-0.39, 0.29) is 24.3 Å². The quantitative estimate of drug-likeness (QED) is 0.352. The second-order valence-electron chi connectivity index (χ2n) is 11.6. The van der Waals surface area contributed by atoms with Crippen LogP contribution >= 0.6 is 0 Å². The normalized spacial score (nSPS) is 15.6. The Labute approximate surface area is 214 Å². The SMILES string of the molecule is CC1=C(C)C([Si](C)(C)c2c(C)[cH-]c3cccc(-c4ccc(C(C)(C)C)cc4)c23)C(C)=C1C.[Li+]. The molecule has 0 radical (unpaired) electrons. The van der Waals surface area contributed by atoms with Crippen LogP contribution in [0.15, 0.2) is 70.8 Å². The molecule has 2 heteroatoms. The molecule has 0 fully saturated rings. The molecule has 0 saturated heterocycles. The first kappa shape index (κ1) is 26.0.